The molecule has 5 rings (SSSR count). The van der Waals surface area contributed by atoms with Crippen molar-refractivity contribution >= 4 is 54.3 Å². The molecular formula is C29H29BrF3N5O3S. The fourth-order valence-electron chi connectivity index (χ4n) is 5.00. The molecule has 1 aliphatic rings. The van der Waals surface area contributed by atoms with Gasteiger partial charge in [0.1, 0.15) is 10.7 Å². The summed E-state index contributed by atoms with van der Waals surface area (Å²) in [5.41, 5.74) is 1.74. The first kappa shape index (κ1) is 30.1. The van der Waals surface area contributed by atoms with Gasteiger partial charge in [0.15, 0.2) is 5.75 Å². The number of aromatic nitrogens is 2. The predicted molar refractivity (Wildman–Crippen MR) is 159 cm³/mol. The highest BCUT2D eigenvalue weighted by atomic mass is 79.9. The van der Waals surface area contributed by atoms with Crippen molar-refractivity contribution in [2.24, 2.45) is 11.8 Å². The Hall–Kier alpha value is -3.42. The van der Waals surface area contributed by atoms with E-state index in [1.807, 2.05) is 54.6 Å². The minimum Gasteiger partial charge on any atom is -0.404 e. The van der Waals surface area contributed by atoms with Gasteiger partial charge in [-0.2, -0.15) is 4.98 Å². The molecule has 13 heteroatoms. The summed E-state index contributed by atoms with van der Waals surface area (Å²) in [7, 11) is -4.21. The lowest BCUT2D eigenvalue weighted by Crippen LogP contribution is -2.33. The van der Waals surface area contributed by atoms with Crippen LogP contribution in [0.3, 0.4) is 0 Å². The van der Waals surface area contributed by atoms with Crippen molar-refractivity contribution in [1.82, 2.24) is 14.7 Å². The number of halogens is 4. The molecule has 42 heavy (non-hydrogen) atoms. The second-order valence-corrected chi connectivity index (χ2v) is 12.8. The number of nitrogens with one attached hydrogen (secondary N) is 3. The first-order valence-corrected chi connectivity index (χ1v) is 15.7. The molecule has 1 aromatic heterocycles. The molecule has 3 aromatic carbocycles. The van der Waals surface area contributed by atoms with Crippen LogP contribution in [-0.4, -0.2) is 37.8 Å². The van der Waals surface area contributed by atoms with Crippen molar-refractivity contribution in [2.75, 3.05) is 23.7 Å². The van der Waals surface area contributed by atoms with E-state index in [1.54, 1.807) is 0 Å². The first-order valence-electron chi connectivity index (χ1n) is 13.4. The highest BCUT2D eigenvalue weighted by molar-refractivity contribution is 9.10. The van der Waals surface area contributed by atoms with Crippen molar-refractivity contribution in [3.05, 3.63) is 77.3 Å². The van der Waals surface area contributed by atoms with E-state index in [4.69, 9.17) is 4.98 Å². The number of alkyl halides is 3. The fourth-order valence-corrected chi connectivity index (χ4v) is 6.56. The SMILES string of the molecule is O=S(=O)(NC[C@H]1CC[C@H](CNc2nc(Nc3ccccc3)c3ccccc3n2)CC1)c1ccc(Br)cc1OC(F)(F)F. The molecule has 0 radical (unpaired) electrons. The van der Waals surface area contributed by atoms with Gasteiger partial charge < -0.3 is 15.4 Å². The lowest BCUT2D eigenvalue weighted by molar-refractivity contribution is -0.275. The summed E-state index contributed by atoms with van der Waals surface area (Å²) in [6.45, 7) is 0.797. The van der Waals surface area contributed by atoms with Crippen LogP contribution in [0.25, 0.3) is 10.9 Å². The van der Waals surface area contributed by atoms with Gasteiger partial charge in [-0.1, -0.05) is 46.3 Å². The van der Waals surface area contributed by atoms with Crippen molar-refractivity contribution in [1.29, 1.82) is 0 Å². The Kier molecular flexibility index (Phi) is 9.19. The Labute approximate surface area is 250 Å². The van der Waals surface area contributed by atoms with Crippen LogP contribution in [0, 0.1) is 11.8 Å². The van der Waals surface area contributed by atoms with Crippen molar-refractivity contribution in [3.63, 3.8) is 0 Å². The molecule has 0 atom stereocenters. The Bertz CT molecular complexity index is 1630. The smallest absolute Gasteiger partial charge is 0.404 e. The van der Waals surface area contributed by atoms with Crippen LogP contribution in [0.4, 0.5) is 30.6 Å². The van der Waals surface area contributed by atoms with Gasteiger partial charge in [-0.25, -0.2) is 18.1 Å². The lowest BCUT2D eigenvalue weighted by Gasteiger charge is -2.28. The summed E-state index contributed by atoms with van der Waals surface area (Å²) >= 11 is 3.05. The summed E-state index contributed by atoms with van der Waals surface area (Å²) in [5.74, 6) is 0.860. The van der Waals surface area contributed by atoms with E-state index < -0.39 is 27.0 Å². The van der Waals surface area contributed by atoms with E-state index in [-0.39, 0.29) is 16.9 Å². The molecule has 1 fully saturated rings. The third-order valence-electron chi connectivity index (χ3n) is 7.14. The first-order chi connectivity index (χ1) is 20.1. The average Bonchev–Trinajstić information content (AvgIpc) is 2.95. The zero-order valence-corrected chi connectivity index (χ0v) is 24.8. The zero-order valence-electron chi connectivity index (χ0n) is 22.4. The van der Waals surface area contributed by atoms with Crippen LogP contribution in [0.5, 0.6) is 5.75 Å². The van der Waals surface area contributed by atoms with Crippen LogP contribution in [-0.2, 0) is 10.0 Å². The molecule has 1 heterocycles. The minimum absolute atomic E-state index is 0.0667. The number of fused-ring (bicyclic) bond motifs is 1. The Balaban J connectivity index is 1.16. The second-order valence-electron chi connectivity index (χ2n) is 10.2. The molecule has 0 spiro atoms. The van der Waals surface area contributed by atoms with Gasteiger partial charge in [-0.15, -0.1) is 13.2 Å². The van der Waals surface area contributed by atoms with Crippen LogP contribution in [0.15, 0.2) is 82.2 Å². The molecule has 0 amide bonds. The number of hydrogen-bond acceptors (Lipinski definition) is 7. The fraction of sp³-hybridized carbons (Fsp3) is 0.310. The molecule has 222 valence electrons. The Morgan fingerprint density at radius 1 is 0.881 bits per heavy atom. The molecule has 0 saturated heterocycles. The quantitative estimate of drug-likeness (QED) is 0.164. The van der Waals surface area contributed by atoms with Gasteiger partial charge >= 0.3 is 6.36 Å². The van der Waals surface area contributed by atoms with E-state index in [2.05, 4.69) is 41.0 Å². The van der Waals surface area contributed by atoms with Crippen LogP contribution in [0.2, 0.25) is 0 Å². The van der Waals surface area contributed by atoms with Gasteiger partial charge in [-0.05, 0) is 80.0 Å². The number of anilines is 3. The summed E-state index contributed by atoms with van der Waals surface area (Å²) in [6.07, 6.45) is -1.73. The molecule has 4 aromatic rings. The normalized spacial score (nSPS) is 17.6. The molecule has 1 aliphatic carbocycles. The maximum atomic E-state index is 12.8. The number of benzene rings is 3. The van der Waals surface area contributed by atoms with Crippen LogP contribution in [0.1, 0.15) is 25.7 Å². The maximum absolute atomic E-state index is 12.8. The second kappa shape index (κ2) is 12.8. The molecule has 0 aliphatic heterocycles. The van der Waals surface area contributed by atoms with Gasteiger partial charge in [0.05, 0.1) is 5.52 Å². The van der Waals surface area contributed by atoms with E-state index in [0.29, 0.717) is 24.2 Å². The summed E-state index contributed by atoms with van der Waals surface area (Å²) in [5, 5.41) is 7.66. The Morgan fingerprint density at radius 2 is 1.55 bits per heavy atom. The number of hydrogen-bond donors (Lipinski definition) is 3. The predicted octanol–water partition coefficient (Wildman–Crippen LogP) is 7.23. The molecular weight excluding hydrogens is 635 g/mol. The zero-order chi connectivity index (χ0) is 29.7. The maximum Gasteiger partial charge on any atom is 0.573 e. The van der Waals surface area contributed by atoms with Gasteiger partial charge in [0.25, 0.3) is 0 Å². The van der Waals surface area contributed by atoms with E-state index in [0.717, 1.165) is 54.4 Å². The van der Waals surface area contributed by atoms with Gasteiger partial charge in [0, 0.05) is 28.6 Å². The lowest BCUT2D eigenvalue weighted by atomic mass is 9.82. The standard InChI is InChI=1S/C29H29BrF3N5O3S/c30-21-14-15-26(25(16-21)41-29(31,32)33)42(39,40)35-18-20-12-10-19(11-13-20)17-34-28-37-24-9-5-4-8-23(24)27(38-28)36-22-6-2-1-3-7-22/h1-9,14-16,19-20,35H,10-13,17-18H2,(H2,34,36,37,38)/t19-,20-. The number of sulfonamides is 1. The van der Waals surface area contributed by atoms with Crippen molar-refractivity contribution < 1.29 is 26.3 Å². The molecule has 1 saturated carbocycles. The number of para-hydroxylation sites is 2. The van der Waals surface area contributed by atoms with Crippen LogP contribution < -0.4 is 20.1 Å². The highest BCUT2D eigenvalue weighted by Crippen LogP contribution is 2.33. The van der Waals surface area contributed by atoms with E-state index in [1.165, 1.54) is 6.07 Å². The molecule has 0 bridgehead atoms. The summed E-state index contributed by atoms with van der Waals surface area (Å²) in [6, 6.07) is 21.0. The molecule has 3 N–H and O–H groups in total. The van der Waals surface area contributed by atoms with E-state index >= 15 is 0 Å². The molecule has 0 unspecified atom stereocenters. The number of nitrogens with zero attached hydrogens (tertiary/aromatic N) is 2. The van der Waals surface area contributed by atoms with E-state index in [9.17, 15) is 21.6 Å². The number of ether oxygens (including phenoxy) is 1. The largest absolute Gasteiger partial charge is 0.573 e. The summed E-state index contributed by atoms with van der Waals surface area (Å²) < 4.78 is 70.9. The minimum atomic E-state index is -5.02. The van der Waals surface area contributed by atoms with Gasteiger partial charge in [0.2, 0.25) is 16.0 Å². The average molecular weight is 665 g/mol. The van der Waals surface area contributed by atoms with Crippen molar-refractivity contribution in [3.8, 4) is 5.75 Å². The Morgan fingerprint density at radius 3 is 2.26 bits per heavy atom. The molecule has 8 nitrogen and oxygen atoms in total. The number of rotatable bonds is 10. The summed E-state index contributed by atoms with van der Waals surface area (Å²) in [4.78, 5) is 8.84. The third kappa shape index (κ3) is 7.90. The third-order valence-corrected chi connectivity index (χ3v) is 9.09. The highest BCUT2D eigenvalue weighted by Gasteiger charge is 2.34. The monoisotopic (exact) mass is 663 g/mol. The van der Waals surface area contributed by atoms with Crippen LogP contribution >= 0.6 is 15.9 Å². The topological polar surface area (TPSA) is 105 Å². The van der Waals surface area contributed by atoms with Gasteiger partial charge in [-0.3, -0.25) is 0 Å². The van der Waals surface area contributed by atoms with Crippen molar-refractivity contribution in [2.45, 2.75) is 36.9 Å².